The Bertz CT molecular complexity index is 1070. The van der Waals surface area contributed by atoms with E-state index < -0.39 is 5.60 Å². The van der Waals surface area contributed by atoms with E-state index in [1.807, 2.05) is 0 Å². The molecule has 0 bridgehead atoms. The van der Waals surface area contributed by atoms with Crippen molar-refractivity contribution in [1.82, 2.24) is 4.90 Å². The number of nitrogens with zero attached hydrogens (tertiary/aromatic N) is 1. The van der Waals surface area contributed by atoms with E-state index in [9.17, 15) is 14.4 Å². The van der Waals surface area contributed by atoms with E-state index >= 15 is 0 Å². The molecule has 4 rings (SSSR count). The third-order valence-corrected chi connectivity index (χ3v) is 5.97. The average molecular weight is 438 g/mol. The van der Waals surface area contributed by atoms with Crippen LogP contribution in [0.2, 0.25) is 0 Å². The van der Waals surface area contributed by atoms with Crippen LogP contribution >= 0.6 is 0 Å². The van der Waals surface area contributed by atoms with Crippen LogP contribution in [-0.2, 0) is 4.79 Å². The lowest BCUT2D eigenvalue weighted by atomic mass is 9.82. The SMILES string of the molecule is COc1cc(OC)c2c(c1)OC1(CCN(C(=O)c3cccc(NC(C)=O)c3)CC1)CC2=O. The average Bonchev–Trinajstić information content (AvgIpc) is 2.77. The number of methoxy groups -OCH3 is 2. The van der Waals surface area contributed by atoms with E-state index in [0.29, 0.717) is 60.0 Å². The molecule has 0 saturated carbocycles. The molecule has 2 aromatic rings. The van der Waals surface area contributed by atoms with Gasteiger partial charge in [-0.2, -0.15) is 0 Å². The van der Waals surface area contributed by atoms with Gasteiger partial charge < -0.3 is 24.4 Å². The van der Waals surface area contributed by atoms with Crippen molar-refractivity contribution < 1.29 is 28.6 Å². The maximum Gasteiger partial charge on any atom is 0.253 e. The van der Waals surface area contributed by atoms with Crippen LogP contribution in [0.25, 0.3) is 0 Å². The summed E-state index contributed by atoms with van der Waals surface area (Å²) in [6.45, 7) is 2.35. The van der Waals surface area contributed by atoms with Gasteiger partial charge in [0.25, 0.3) is 5.91 Å². The van der Waals surface area contributed by atoms with Crippen LogP contribution < -0.4 is 19.5 Å². The highest BCUT2D eigenvalue weighted by Crippen LogP contribution is 2.44. The molecule has 8 nitrogen and oxygen atoms in total. The van der Waals surface area contributed by atoms with Crippen molar-refractivity contribution in [3.8, 4) is 17.2 Å². The first kappa shape index (κ1) is 21.7. The predicted molar refractivity (Wildman–Crippen MR) is 118 cm³/mol. The number of Topliss-reactive ketones (excluding diaryl/α,β-unsaturated/α-hetero) is 1. The Labute approximate surface area is 186 Å². The Balaban J connectivity index is 1.50. The zero-order valence-electron chi connectivity index (χ0n) is 18.4. The van der Waals surface area contributed by atoms with Crippen LogP contribution in [0.5, 0.6) is 17.2 Å². The van der Waals surface area contributed by atoms with Gasteiger partial charge in [0, 0.05) is 56.2 Å². The number of ether oxygens (including phenoxy) is 3. The molecule has 1 fully saturated rings. The maximum atomic E-state index is 13.0. The number of ketones is 1. The number of benzene rings is 2. The molecule has 2 aliphatic heterocycles. The normalized spacial score (nSPS) is 16.7. The van der Waals surface area contributed by atoms with Crippen molar-refractivity contribution in [3.63, 3.8) is 0 Å². The number of fused-ring (bicyclic) bond motifs is 1. The Morgan fingerprint density at radius 1 is 1.09 bits per heavy atom. The predicted octanol–water partition coefficient (Wildman–Crippen LogP) is 3.30. The fraction of sp³-hybridized carbons (Fsp3) is 0.375. The third kappa shape index (κ3) is 4.12. The number of piperidine rings is 1. The van der Waals surface area contributed by atoms with Crippen molar-refractivity contribution in [1.29, 1.82) is 0 Å². The van der Waals surface area contributed by atoms with Crippen molar-refractivity contribution in [3.05, 3.63) is 47.5 Å². The second kappa shape index (κ2) is 8.53. The standard InChI is InChI=1S/C24H26N2O6/c1-15(27)25-17-6-4-5-16(11-17)23(29)26-9-7-24(8-10-26)14-19(28)22-20(31-3)12-18(30-2)13-21(22)32-24/h4-6,11-13H,7-10,14H2,1-3H3,(H,25,27). The maximum absolute atomic E-state index is 13.0. The molecule has 2 aromatic carbocycles. The zero-order valence-corrected chi connectivity index (χ0v) is 18.4. The van der Waals surface area contributed by atoms with E-state index in [2.05, 4.69) is 5.32 Å². The Morgan fingerprint density at radius 2 is 1.84 bits per heavy atom. The number of carbonyl (C=O) groups is 3. The monoisotopic (exact) mass is 438 g/mol. The molecule has 0 aliphatic carbocycles. The first-order chi connectivity index (χ1) is 15.3. The van der Waals surface area contributed by atoms with Gasteiger partial charge in [0.05, 0.1) is 20.6 Å². The summed E-state index contributed by atoms with van der Waals surface area (Å²) in [5.74, 6) is 1.11. The van der Waals surface area contributed by atoms with Crippen LogP contribution in [0.4, 0.5) is 5.69 Å². The minimum absolute atomic E-state index is 0.0338. The summed E-state index contributed by atoms with van der Waals surface area (Å²) in [6, 6.07) is 10.3. The highest BCUT2D eigenvalue weighted by atomic mass is 16.5. The molecule has 2 heterocycles. The number of carbonyl (C=O) groups excluding carboxylic acids is 3. The van der Waals surface area contributed by atoms with Crippen LogP contribution in [0.15, 0.2) is 36.4 Å². The lowest BCUT2D eigenvalue weighted by molar-refractivity contribution is -0.114. The van der Waals surface area contributed by atoms with Gasteiger partial charge in [-0.25, -0.2) is 0 Å². The number of nitrogens with one attached hydrogen (secondary N) is 1. The van der Waals surface area contributed by atoms with Crippen LogP contribution in [-0.4, -0.2) is 55.4 Å². The molecule has 168 valence electrons. The Hall–Kier alpha value is -3.55. The molecule has 0 atom stereocenters. The van der Waals surface area contributed by atoms with Crippen LogP contribution in [0, 0.1) is 0 Å². The van der Waals surface area contributed by atoms with Crippen LogP contribution in [0.3, 0.4) is 0 Å². The minimum Gasteiger partial charge on any atom is -0.496 e. The van der Waals surface area contributed by atoms with Gasteiger partial charge in [-0.05, 0) is 18.2 Å². The number of rotatable bonds is 4. The summed E-state index contributed by atoms with van der Waals surface area (Å²) >= 11 is 0. The van der Waals surface area contributed by atoms with E-state index in [0.717, 1.165) is 0 Å². The fourth-order valence-corrected chi connectivity index (χ4v) is 4.36. The summed E-state index contributed by atoms with van der Waals surface area (Å²) in [7, 11) is 3.06. The Kier molecular flexibility index (Phi) is 5.78. The number of amides is 2. The van der Waals surface area contributed by atoms with Gasteiger partial charge in [-0.1, -0.05) is 6.07 Å². The summed E-state index contributed by atoms with van der Waals surface area (Å²) in [4.78, 5) is 39.1. The third-order valence-electron chi connectivity index (χ3n) is 5.97. The van der Waals surface area contributed by atoms with Crippen molar-refractivity contribution >= 4 is 23.3 Å². The largest absolute Gasteiger partial charge is 0.496 e. The van der Waals surface area contributed by atoms with Gasteiger partial charge in [0.2, 0.25) is 5.91 Å². The van der Waals surface area contributed by atoms with E-state index in [-0.39, 0.29) is 24.0 Å². The van der Waals surface area contributed by atoms with Gasteiger partial charge in [-0.15, -0.1) is 0 Å². The van der Waals surface area contributed by atoms with Gasteiger partial charge in [0.1, 0.15) is 28.4 Å². The van der Waals surface area contributed by atoms with Gasteiger partial charge in [-0.3, -0.25) is 14.4 Å². The topological polar surface area (TPSA) is 94.2 Å². The molecule has 32 heavy (non-hydrogen) atoms. The quantitative estimate of drug-likeness (QED) is 0.787. The highest BCUT2D eigenvalue weighted by molar-refractivity contribution is 6.03. The molecule has 1 spiro atoms. The summed E-state index contributed by atoms with van der Waals surface area (Å²) < 4.78 is 17.0. The lowest BCUT2D eigenvalue weighted by Crippen LogP contribution is -2.52. The summed E-state index contributed by atoms with van der Waals surface area (Å²) in [5, 5.41) is 2.69. The van der Waals surface area contributed by atoms with Gasteiger partial charge in [0.15, 0.2) is 5.78 Å². The molecule has 8 heteroatoms. The second-order valence-electron chi connectivity index (χ2n) is 8.14. The number of anilines is 1. The molecular weight excluding hydrogens is 412 g/mol. The fourth-order valence-electron chi connectivity index (χ4n) is 4.36. The van der Waals surface area contributed by atoms with E-state index in [4.69, 9.17) is 14.2 Å². The number of hydrogen-bond acceptors (Lipinski definition) is 6. The van der Waals surface area contributed by atoms with Crippen molar-refractivity contribution in [2.75, 3.05) is 32.6 Å². The van der Waals surface area contributed by atoms with Crippen molar-refractivity contribution in [2.45, 2.75) is 31.8 Å². The molecule has 2 amide bonds. The molecule has 1 N–H and O–H groups in total. The van der Waals surface area contributed by atoms with Crippen molar-refractivity contribution in [2.24, 2.45) is 0 Å². The molecule has 0 radical (unpaired) electrons. The minimum atomic E-state index is -0.656. The number of likely N-dealkylation sites (tertiary alicyclic amines) is 1. The van der Waals surface area contributed by atoms with Gasteiger partial charge >= 0.3 is 0 Å². The smallest absolute Gasteiger partial charge is 0.253 e. The Morgan fingerprint density at radius 3 is 2.50 bits per heavy atom. The first-order valence-electron chi connectivity index (χ1n) is 10.5. The number of hydrogen-bond donors (Lipinski definition) is 1. The molecule has 2 aliphatic rings. The molecule has 1 saturated heterocycles. The molecule has 0 unspecified atom stereocenters. The highest BCUT2D eigenvalue weighted by Gasteiger charge is 2.45. The lowest BCUT2D eigenvalue weighted by Gasteiger charge is -2.44. The second-order valence-corrected chi connectivity index (χ2v) is 8.14. The first-order valence-corrected chi connectivity index (χ1v) is 10.5. The summed E-state index contributed by atoms with van der Waals surface area (Å²) in [5.41, 5.74) is 0.869. The molecule has 0 aromatic heterocycles. The zero-order chi connectivity index (χ0) is 22.9. The summed E-state index contributed by atoms with van der Waals surface area (Å²) in [6.07, 6.45) is 1.31. The van der Waals surface area contributed by atoms with E-state index in [1.165, 1.54) is 14.0 Å². The van der Waals surface area contributed by atoms with E-state index in [1.54, 1.807) is 48.4 Å². The molecular formula is C24H26N2O6. The van der Waals surface area contributed by atoms with Crippen LogP contribution in [0.1, 0.15) is 46.9 Å².